The van der Waals surface area contributed by atoms with E-state index in [2.05, 4.69) is 15.6 Å². The Morgan fingerprint density at radius 1 is 0.974 bits per heavy atom. The third-order valence-electron chi connectivity index (χ3n) is 7.93. The number of halogens is 1. The van der Waals surface area contributed by atoms with E-state index in [0.29, 0.717) is 59.1 Å². The molecule has 3 aromatic rings. The van der Waals surface area contributed by atoms with Crippen molar-refractivity contribution in [2.45, 2.75) is 44.9 Å². The number of rotatable bonds is 7. The van der Waals surface area contributed by atoms with Crippen LogP contribution in [0.5, 0.6) is 0 Å². The maximum Gasteiger partial charge on any atom is 0.294 e. The summed E-state index contributed by atoms with van der Waals surface area (Å²) in [5, 5.41) is 15.9. The van der Waals surface area contributed by atoms with Crippen LogP contribution in [0.4, 0.5) is 11.5 Å². The van der Waals surface area contributed by atoms with Crippen molar-refractivity contribution in [2.24, 2.45) is 17.8 Å². The number of carbonyl (C=O) groups excluding carboxylic acids is 3. The number of hydrogen-bond acceptors (Lipinski definition) is 6. The number of amides is 3. The lowest BCUT2D eigenvalue weighted by Gasteiger charge is -2.36. The van der Waals surface area contributed by atoms with Crippen LogP contribution in [0.3, 0.4) is 0 Å². The fourth-order valence-electron chi connectivity index (χ4n) is 5.66. The van der Waals surface area contributed by atoms with E-state index >= 15 is 0 Å². The summed E-state index contributed by atoms with van der Waals surface area (Å²) < 4.78 is 5.84. The van der Waals surface area contributed by atoms with Gasteiger partial charge < -0.3 is 25.1 Å². The zero-order valence-electron chi connectivity index (χ0n) is 21.7. The largest absolute Gasteiger partial charge is 0.449 e. The topological polar surface area (TPSA) is 125 Å². The third kappa shape index (κ3) is 6.25. The summed E-state index contributed by atoms with van der Waals surface area (Å²) in [5.74, 6) is -0.0566. The van der Waals surface area contributed by atoms with Crippen molar-refractivity contribution >= 4 is 51.8 Å². The maximum absolute atomic E-state index is 13.3. The molecule has 0 spiro atoms. The molecule has 0 unspecified atom stereocenters. The summed E-state index contributed by atoms with van der Waals surface area (Å²) >= 11 is 5.89. The predicted molar refractivity (Wildman–Crippen MR) is 148 cm³/mol. The van der Waals surface area contributed by atoms with E-state index in [1.54, 1.807) is 30.3 Å². The normalized spacial score (nSPS) is 20.1. The standard InChI is InChI=1S/C29H33ClN4O5/c30-21-9-10-24(31-17-21)32-28(37)26-25(22-3-1-2-4-23(22)39-26)33-27(36)19-5-7-20(8-6-19)29(38)34-14-11-18(12-15-34)13-16-35/h1-4,9-10,17-20,35H,5-8,11-16H2,(H,33,36)(H,31,32,37)/t19-,20-. The Bertz CT molecular complexity index is 1330. The molecule has 1 aliphatic carbocycles. The second-order valence-corrected chi connectivity index (χ2v) is 10.9. The number of piperidine rings is 1. The van der Waals surface area contributed by atoms with Crippen molar-refractivity contribution in [1.29, 1.82) is 0 Å². The fraction of sp³-hybridized carbons (Fsp3) is 0.448. The Hall–Kier alpha value is -3.43. The Morgan fingerprint density at radius 2 is 1.69 bits per heavy atom. The van der Waals surface area contributed by atoms with Crippen molar-refractivity contribution in [3.63, 3.8) is 0 Å². The van der Waals surface area contributed by atoms with Gasteiger partial charge in [0, 0.05) is 43.1 Å². The molecule has 3 N–H and O–H groups in total. The van der Waals surface area contributed by atoms with Crippen LogP contribution in [0.1, 0.15) is 55.5 Å². The molecule has 1 aromatic carbocycles. The highest BCUT2D eigenvalue weighted by atomic mass is 35.5. The average Bonchev–Trinajstić information content (AvgIpc) is 3.33. The van der Waals surface area contributed by atoms with Crippen LogP contribution in [-0.4, -0.2) is 52.4 Å². The quantitative estimate of drug-likeness (QED) is 0.374. The second kappa shape index (κ2) is 12.2. The first kappa shape index (κ1) is 27.1. The molecular weight excluding hydrogens is 520 g/mol. The molecule has 0 atom stereocenters. The molecule has 2 aliphatic rings. The number of aliphatic hydroxyl groups is 1. The van der Waals surface area contributed by atoms with E-state index in [9.17, 15) is 14.4 Å². The molecule has 1 saturated heterocycles. The van der Waals surface area contributed by atoms with Crippen LogP contribution >= 0.6 is 11.6 Å². The van der Waals surface area contributed by atoms with Gasteiger partial charge in [0.25, 0.3) is 5.91 Å². The lowest BCUT2D eigenvalue weighted by atomic mass is 9.80. The smallest absolute Gasteiger partial charge is 0.294 e. The summed E-state index contributed by atoms with van der Waals surface area (Å²) in [6.45, 7) is 1.69. The van der Waals surface area contributed by atoms with Gasteiger partial charge in [0.1, 0.15) is 17.1 Å². The first-order chi connectivity index (χ1) is 18.9. The maximum atomic E-state index is 13.3. The lowest BCUT2D eigenvalue weighted by Crippen LogP contribution is -2.43. The van der Waals surface area contributed by atoms with Crippen molar-refractivity contribution < 1.29 is 23.9 Å². The van der Waals surface area contributed by atoms with E-state index in [4.69, 9.17) is 21.1 Å². The molecule has 3 amide bonds. The number of fused-ring (bicyclic) bond motifs is 1. The molecule has 206 valence electrons. The van der Waals surface area contributed by atoms with Crippen molar-refractivity contribution in [3.8, 4) is 0 Å². The van der Waals surface area contributed by atoms with Crippen LogP contribution in [0, 0.1) is 17.8 Å². The number of furan rings is 1. The number of aliphatic hydroxyl groups excluding tert-OH is 1. The van der Waals surface area contributed by atoms with Crippen molar-refractivity contribution in [2.75, 3.05) is 30.3 Å². The number of nitrogens with one attached hydrogen (secondary N) is 2. The SMILES string of the molecule is O=C(Nc1ccc(Cl)cn1)c1oc2ccccc2c1NC(=O)[C@H]1CC[C@H](C(=O)N2CCC(CCO)CC2)CC1. The van der Waals surface area contributed by atoms with E-state index in [1.807, 2.05) is 11.0 Å². The summed E-state index contributed by atoms with van der Waals surface area (Å²) in [5.41, 5.74) is 0.810. The monoisotopic (exact) mass is 552 g/mol. The average molecular weight is 553 g/mol. The number of likely N-dealkylation sites (tertiary alicyclic amines) is 1. The van der Waals surface area contributed by atoms with Crippen LogP contribution in [0.2, 0.25) is 5.02 Å². The zero-order chi connectivity index (χ0) is 27.4. The highest BCUT2D eigenvalue weighted by Crippen LogP contribution is 2.35. The molecule has 5 rings (SSSR count). The molecule has 39 heavy (non-hydrogen) atoms. The summed E-state index contributed by atoms with van der Waals surface area (Å²) in [4.78, 5) is 45.6. The van der Waals surface area contributed by atoms with Gasteiger partial charge in [0.2, 0.25) is 17.6 Å². The number of para-hydroxylation sites is 1. The molecule has 2 fully saturated rings. The Labute approximate surface area is 231 Å². The highest BCUT2D eigenvalue weighted by Gasteiger charge is 2.34. The van der Waals surface area contributed by atoms with Crippen molar-refractivity contribution in [3.05, 3.63) is 53.4 Å². The minimum absolute atomic E-state index is 0.00485. The van der Waals surface area contributed by atoms with Crippen LogP contribution < -0.4 is 10.6 Å². The van der Waals surface area contributed by atoms with Crippen LogP contribution in [-0.2, 0) is 9.59 Å². The Morgan fingerprint density at radius 3 is 2.38 bits per heavy atom. The molecule has 0 bridgehead atoms. The van der Waals surface area contributed by atoms with Gasteiger partial charge >= 0.3 is 0 Å². The Kier molecular flexibility index (Phi) is 8.47. The molecular formula is C29H33ClN4O5. The molecule has 10 heteroatoms. The number of nitrogens with zero attached hydrogens (tertiary/aromatic N) is 2. The fourth-order valence-corrected chi connectivity index (χ4v) is 5.77. The van der Waals surface area contributed by atoms with E-state index < -0.39 is 5.91 Å². The van der Waals surface area contributed by atoms with Gasteiger partial charge in [-0.1, -0.05) is 23.7 Å². The number of carbonyl (C=O) groups is 3. The van der Waals surface area contributed by atoms with E-state index in [-0.39, 0.29) is 36.0 Å². The molecule has 3 heterocycles. The zero-order valence-corrected chi connectivity index (χ0v) is 22.5. The summed E-state index contributed by atoms with van der Waals surface area (Å²) in [6.07, 6.45) is 6.64. The first-order valence-corrected chi connectivity index (χ1v) is 14.0. The van der Waals surface area contributed by atoms with Gasteiger partial charge in [-0.3, -0.25) is 14.4 Å². The number of hydrogen-bond donors (Lipinski definition) is 3. The number of aromatic nitrogens is 1. The minimum atomic E-state index is -0.534. The summed E-state index contributed by atoms with van der Waals surface area (Å²) in [7, 11) is 0. The predicted octanol–water partition coefficient (Wildman–Crippen LogP) is 5.10. The van der Waals surface area contributed by atoms with Gasteiger partial charge in [-0.25, -0.2) is 4.98 Å². The molecule has 2 aromatic heterocycles. The number of anilines is 2. The third-order valence-corrected chi connectivity index (χ3v) is 8.15. The minimum Gasteiger partial charge on any atom is -0.449 e. The molecule has 0 radical (unpaired) electrons. The van der Waals surface area contributed by atoms with Gasteiger partial charge in [-0.15, -0.1) is 0 Å². The van der Waals surface area contributed by atoms with Crippen LogP contribution in [0.25, 0.3) is 11.0 Å². The Balaban J connectivity index is 1.22. The van der Waals surface area contributed by atoms with Crippen molar-refractivity contribution in [1.82, 2.24) is 9.88 Å². The van der Waals surface area contributed by atoms with Gasteiger partial charge in [0.15, 0.2) is 0 Å². The van der Waals surface area contributed by atoms with Gasteiger partial charge in [-0.2, -0.15) is 0 Å². The number of benzene rings is 1. The van der Waals surface area contributed by atoms with Gasteiger partial charge in [0.05, 0.1) is 5.02 Å². The number of pyridine rings is 1. The summed E-state index contributed by atoms with van der Waals surface area (Å²) in [6, 6.07) is 10.4. The van der Waals surface area contributed by atoms with Gasteiger partial charge in [-0.05, 0) is 75.1 Å². The first-order valence-electron chi connectivity index (χ1n) is 13.6. The van der Waals surface area contributed by atoms with E-state index in [0.717, 1.165) is 32.4 Å². The molecule has 9 nitrogen and oxygen atoms in total. The highest BCUT2D eigenvalue weighted by molar-refractivity contribution is 6.30. The van der Waals surface area contributed by atoms with E-state index in [1.165, 1.54) is 6.20 Å². The second-order valence-electron chi connectivity index (χ2n) is 10.4. The molecule has 1 saturated carbocycles. The lowest BCUT2D eigenvalue weighted by molar-refractivity contribution is -0.139. The molecule has 1 aliphatic heterocycles. The van der Waals surface area contributed by atoms with Crippen LogP contribution in [0.15, 0.2) is 47.0 Å².